The number of ether oxygens (including phenoxy) is 1. The van der Waals surface area contributed by atoms with Crippen molar-refractivity contribution in [3.05, 3.63) is 59.2 Å². The molecule has 0 bridgehead atoms. The van der Waals surface area contributed by atoms with Crippen LogP contribution < -0.4 is 10.1 Å². The van der Waals surface area contributed by atoms with Crippen molar-refractivity contribution in [3.63, 3.8) is 0 Å². The third-order valence-electron chi connectivity index (χ3n) is 5.92. The molecule has 0 saturated carbocycles. The minimum atomic E-state index is -0.542. The number of amides is 2. The third kappa shape index (κ3) is 6.09. The molecule has 166 valence electrons. The summed E-state index contributed by atoms with van der Waals surface area (Å²) in [5.74, 6) is 0.892. The number of carbonyl (C=O) groups excluding carboxylic acids is 2. The molecule has 2 aromatic rings. The molecule has 3 rings (SSSR count). The maximum absolute atomic E-state index is 12.9. The Morgan fingerprint density at radius 3 is 2.55 bits per heavy atom. The summed E-state index contributed by atoms with van der Waals surface area (Å²) in [5.41, 5.74) is 3.03. The van der Waals surface area contributed by atoms with Gasteiger partial charge in [0.25, 0.3) is 5.91 Å². The molecule has 0 aromatic heterocycles. The second kappa shape index (κ2) is 9.99. The van der Waals surface area contributed by atoms with Crippen LogP contribution in [0.1, 0.15) is 61.0 Å². The quantitative estimate of drug-likeness (QED) is 0.582. The van der Waals surface area contributed by atoms with E-state index in [0.29, 0.717) is 24.3 Å². The normalized spacial score (nSPS) is 13.9. The summed E-state index contributed by atoms with van der Waals surface area (Å²) < 4.78 is 5.93. The van der Waals surface area contributed by atoms with Gasteiger partial charge in [-0.05, 0) is 74.9 Å². The number of nitrogens with one attached hydrogen (secondary N) is 1. The summed E-state index contributed by atoms with van der Waals surface area (Å²) in [6.45, 7) is 10.2. The molecule has 1 aliphatic heterocycles. The van der Waals surface area contributed by atoms with Crippen molar-refractivity contribution in [2.75, 3.05) is 25.0 Å². The first-order chi connectivity index (χ1) is 14.8. The highest BCUT2D eigenvalue weighted by molar-refractivity contribution is 5.98. The number of hydrogen-bond acceptors (Lipinski definition) is 3. The van der Waals surface area contributed by atoms with E-state index in [1.807, 2.05) is 56.9 Å². The van der Waals surface area contributed by atoms with Crippen LogP contribution in [0.2, 0.25) is 0 Å². The van der Waals surface area contributed by atoms with Crippen molar-refractivity contribution in [1.82, 2.24) is 4.90 Å². The Labute approximate surface area is 185 Å². The molecule has 2 amide bonds. The van der Waals surface area contributed by atoms with E-state index < -0.39 is 5.41 Å². The molecule has 0 aliphatic carbocycles. The molecule has 1 saturated heterocycles. The van der Waals surface area contributed by atoms with Gasteiger partial charge in [-0.3, -0.25) is 9.59 Å². The van der Waals surface area contributed by atoms with Crippen LogP contribution in [0.3, 0.4) is 0 Å². The molecule has 1 fully saturated rings. The van der Waals surface area contributed by atoms with Gasteiger partial charge in [0.1, 0.15) is 5.75 Å². The summed E-state index contributed by atoms with van der Waals surface area (Å²) in [6, 6.07) is 13.4. The lowest BCUT2D eigenvalue weighted by molar-refractivity contribution is -0.124. The number of nitrogens with zero attached hydrogens (tertiary/aromatic N) is 1. The van der Waals surface area contributed by atoms with E-state index in [1.165, 1.54) is 5.56 Å². The zero-order valence-corrected chi connectivity index (χ0v) is 19.2. The second-order valence-corrected chi connectivity index (χ2v) is 9.14. The Morgan fingerprint density at radius 1 is 1.06 bits per heavy atom. The average Bonchev–Trinajstić information content (AvgIpc) is 3.28. The maximum Gasteiger partial charge on any atom is 0.253 e. The number of carbonyl (C=O) groups is 2. The van der Waals surface area contributed by atoms with Crippen LogP contribution >= 0.6 is 0 Å². The number of anilines is 1. The van der Waals surface area contributed by atoms with E-state index in [-0.39, 0.29) is 11.8 Å². The molecule has 5 nitrogen and oxygen atoms in total. The largest absolute Gasteiger partial charge is 0.493 e. The highest BCUT2D eigenvalue weighted by atomic mass is 16.5. The zero-order chi connectivity index (χ0) is 22.4. The van der Waals surface area contributed by atoms with E-state index in [0.717, 1.165) is 43.7 Å². The van der Waals surface area contributed by atoms with Crippen LogP contribution in [-0.2, 0) is 4.79 Å². The number of rotatable bonds is 8. The van der Waals surface area contributed by atoms with Crippen molar-refractivity contribution >= 4 is 17.5 Å². The molecule has 1 aliphatic rings. The first-order valence-electron chi connectivity index (χ1n) is 11.2. The highest BCUT2D eigenvalue weighted by Gasteiger charge is 2.27. The van der Waals surface area contributed by atoms with Crippen LogP contribution in [0.5, 0.6) is 5.75 Å². The van der Waals surface area contributed by atoms with Crippen molar-refractivity contribution < 1.29 is 14.3 Å². The SMILES string of the molecule is Cc1ccc(C)c(OCCCC(C)(C)C(=O)Nc2cccc(C(=O)N3CCCC3)c2)c1. The van der Waals surface area contributed by atoms with Gasteiger partial charge in [-0.15, -0.1) is 0 Å². The second-order valence-electron chi connectivity index (χ2n) is 9.14. The Balaban J connectivity index is 1.52. The van der Waals surface area contributed by atoms with Gasteiger partial charge in [0.15, 0.2) is 0 Å². The molecule has 1 N–H and O–H groups in total. The number of hydrogen-bond donors (Lipinski definition) is 1. The van der Waals surface area contributed by atoms with Gasteiger partial charge in [0, 0.05) is 29.8 Å². The van der Waals surface area contributed by atoms with Gasteiger partial charge < -0.3 is 15.0 Å². The third-order valence-corrected chi connectivity index (χ3v) is 5.92. The van der Waals surface area contributed by atoms with Crippen molar-refractivity contribution in [1.29, 1.82) is 0 Å². The number of aryl methyl sites for hydroxylation is 2. The molecule has 1 heterocycles. The molecule has 0 unspecified atom stereocenters. The Hall–Kier alpha value is -2.82. The maximum atomic E-state index is 12.9. The van der Waals surface area contributed by atoms with Gasteiger partial charge in [-0.2, -0.15) is 0 Å². The Morgan fingerprint density at radius 2 is 1.81 bits per heavy atom. The van der Waals surface area contributed by atoms with E-state index in [2.05, 4.69) is 17.4 Å². The van der Waals surface area contributed by atoms with Crippen LogP contribution in [0.15, 0.2) is 42.5 Å². The average molecular weight is 423 g/mol. The summed E-state index contributed by atoms with van der Waals surface area (Å²) in [5, 5.41) is 2.99. The molecule has 31 heavy (non-hydrogen) atoms. The summed E-state index contributed by atoms with van der Waals surface area (Å²) in [6.07, 6.45) is 3.60. The smallest absolute Gasteiger partial charge is 0.253 e. The standard InChI is InChI=1S/C26H34N2O3/c1-19-11-12-20(2)23(17-19)31-16-8-13-26(3,4)25(30)27-22-10-7-9-21(18-22)24(29)28-14-5-6-15-28/h7,9-12,17-18H,5-6,8,13-16H2,1-4H3,(H,27,30). The van der Waals surface area contributed by atoms with Gasteiger partial charge in [-0.1, -0.05) is 32.0 Å². The molecule has 0 atom stereocenters. The highest BCUT2D eigenvalue weighted by Crippen LogP contribution is 2.26. The first kappa shape index (κ1) is 22.9. The minimum absolute atomic E-state index is 0.0384. The Bertz CT molecular complexity index is 930. The van der Waals surface area contributed by atoms with Crippen LogP contribution in [0.4, 0.5) is 5.69 Å². The van der Waals surface area contributed by atoms with Gasteiger partial charge in [0.05, 0.1) is 6.61 Å². The fourth-order valence-corrected chi connectivity index (χ4v) is 3.81. The lowest BCUT2D eigenvalue weighted by Crippen LogP contribution is -2.31. The fraction of sp³-hybridized carbons (Fsp3) is 0.462. The predicted octanol–water partition coefficient (Wildman–Crippen LogP) is 5.36. The molecule has 0 spiro atoms. The number of benzene rings is 2. The summed E-state index contributed by atoms with van der Waals surface area (Å²) in [4.78, 5) is 27.4. The first-order valence-corrected chi connectivity index (χ1v) is 11.2. The lowest BCUT2D eigenvalue weighted by Gasteiger charge is -2.24. The van der Waals surface area contributed by atoms with E-state index in [4.69, 9.17) is 4.74 Å². The minimum Gasteiger partial charge on any atom is -0.493 e. The predicted molar refractivity (Wildman–Crippen MR) is 125 cm³/mol. The molecular weight excluding hydrogens is 388 g/mol. The molecular formula is C26H34N2O3. The molecule has 0 radical (unpaired) electrons. The van der Waals surface area contributed by atoms with Gasteiger partial charge >= 0.3 is 0 Å². The van der Waals surface area contributed by atoms with Crippen LogP contribution in [0.25, 0.3) is 0 Å². The van der Waals surface area contributed by atoms with Crippen LogP contribution in [-0.4, -0.2) is 36.4 Å². The van der Waals surface area contributed by atoms with Crippen LogP contribution in [0, 0.1) is 19.3 Å². The molecule has 5 heteroatoms. The van der Waals surface area contributed by atoms with E-state index in [1.54, 1.807) is 6.07 Å². The van der Waals surface area contributed by atoms with E-state index >= 15 is 0 Å². The Kier molecular flexibility index (Phi) is 7.37. The zero-order valence-electron chi connectivity index (χ0n) is 19.2. The van der Waals surface area contributed by atoms with E-state index in [9.17, 15) is 9.59 Å². The van der Waals surface area contributed by atoms with Crippen molar-refractivity contribution in [2.24, 2.45) is 5.41 Å². The van der Waals surface area contributed by atoms with Crippen molar-refractivity contribution in [3.8, 4) is 5.75 Å². The van der Waals surface area contributed by atoms with Gasteiger partial charge in [-0.25, -0.2) is 0 Å². The fourth-order valence-electron chi connectivity index (χ4n) is 3.81. The lowest BCUT2D eigenvalue weighted by atomic mass is 9.87. The summed E-state index contributed by atoms with van der Waals surface area (Å²) >= 11 is 0. The van der Waals surface area contributed by atoms with Gasteiger partial charge in [0.2, 0.25) is 5.91 Å². The topological polar surface area (TPSA) is 58.6 Å². The summed E-state index contributed by atoms with van der Waals surface area (Å²) in [7, 11) is 0. The monoisotopic (exact) mass is 422 g/mol. The van der Waals surface area contributed by atoms with Crippen molar-refractivity contribution in [2.45, 2.75) is 53.4 Å². The molecule has 2 aromatic carbocycles. The number of likely N-dealkylation sites (tertiary alicyclic amines) is 1.